The fourth-order valence-electron chi connectivity index (χ4n) is 1.11. The molecule has 0 spiro atoms. The van der Waals surface area contributed by atoms with E-state index in [-0.39, 0.29) is 5.75 Å². The molecule has 0 aliphatic rings. The number of phenolic OH excluding ortho intramolecular Hbond substituents is 1. The fraction of sp³-hybridized carbons (Fsp3) is 0. The fourth-order valence-corrected chi connectivity index (χ4v) is 2.83. The molecule has 4 heteroatoms. The molecule has 0 radical (unpaired) electrons. The highest BCUT2D eigenvalue weighted by Gasteiger charge is 2.07. The van der Waals surface area contributed by atoms with Crippen molar-refractivity contribution in [2.75, 3.05) is 0 Å². The number of hydrogen-bond donors (Lipinski definition) is 1. The van der Waals surface area contributed by atoms with Crippen LogP contribution in [-0.4, -0.2) is 5.11 Å². The number of nitriles is 1. The quantitative estimate of drug-likeness (QED) is 0.760. The highest BCUT2D eigenvalue weighted by atomic mass is 127. The van der Waals surface area contributed by atoms with Crippen molar-refractivity contribution in [2.45, 2.75) is 0 Å². The van der Waals surface area contributed by atoms with Gasteiger partial charge < -0.3 is 5.11 Å². The standard InChI is InChI=1S/C9H4INOS/c10-8-7(12)2-1-5-3-6(4-11)13-9(5)8/h1-3,12H. The molecule has 0 fully saturated rings. The molecule has 0 atom stereocenters. The van der Waals surface area contributed by atoms with E-state index in [1.54, 1.807) is 6.07 Å². The minimum atomic E-state index is 0.277. The monoisotopic (exact) mass is 301 g/mol. The second-order valence-electron chi connectivity index (χ2n) is 2.54. The van der Waals surface area contributed by atoms with Gasteiger partial charge in [-0.15, -0.1) is 11.3 Å². The topological polar surface area (TPSA) is 44.0 Å². The average Bonchev–Trinajstić information content (AvgIpc) is 2.55. The molecule has 0 amide bonds. The molecule has 0 saturated carbocycles. The molecule has 0 saturated heterocycles. The largest absolute Gasteiger partial charge is 0.507 e. The molecule has 2 aromatic rings. The van der Waals surface area contributed by atoms with E-state index in [0.29, 0.717) is 4.88 Å². The first kappa shape index (κ1) is 8.78. The maximum Gasteiger partial charge on any atom is 0.130 e. The summed E-state index contributed by atoms with van der Waals surface area (Å²) >= 11 is 3.49. The molecule has 13 heavy (non-hydrogen) atoms. The summed E-state index contributed by atoms with van der Waals surface area (Å²) in [5.41, 5.74) is 0. The van der Waals surface area contributed by atoms with Gasteiger partial charge in [-0.05, 0) is 46.2 Å². The first-order valence-electron chi connectivity index (χ1n) is 3.53. The lowest BCUT2D eigenvalue weighted by Gasteiger charge is -1.96. The van der Waals surface area contributed by atoms with E-state index in [4.69, 9.17) is 5.26 Å². The van der Waals surface area contributed by atoms with Crippen LogP contribution in [0.1, 0.15) is 4.88 Å². The summed E-state index contributed by atoms with van der Waals surface area (Å²) < 4.78 is 1.80. The molecular weight excluding hydrogens is 297 g/mol. The summed E-state index contributed by atoms with van der Waals surface area (Å²) in [6.07, 6.45) is 0. The Morgan fingerprint density at radius 2 is 2.23 bits per heavy atom. The SMILES string of the molecule is N#Cc1cc2ccc(O)c(I)c2s1. The van der Waals surface area contributed by atoms with Crippen LogP contribution in [0.3, 0.4) is 0 Å². The number of halogens is 1. The van der Waals surface area contributed by atoms with E-state index in [1.165, 1.54) is 11.3 Å². The molecule has 1 aromatic heterocycles. The molecule has 0 aliphatic carbocycles. The smallest absolute Gasteiger partial charge is 0.130 e. The van der Waals surface area contributed by atoms with Crippen LogP contribution >= 0.6 is 33.9 Å². The van der Waals surface area contributed by atoms with Gasteiger partial charge in [-0.25, -0.2) is 0 Å². The maximum atomic E-state index is 9.42. The zero-order chi connectivity index (χ0) is 9.42. The Bertz CT molecular complexity index is 512. The Kier molecular flexibility index (Phi) is 2.14. The van der Waals surface area contributed by atoms with Crippen molar-refractivity contribution in [2.24, 2.45) is 0 Å². The Morgan fingerprint density at radius 3 is 2.92 bits per heavy atom. The van der Waals surface area contributed by atoms with Gasteiger partial charge in [-0.1, -0.05) is 0 Å². The lowest BCUT2D eigenvalue weighted by Crippen LogP contribution is -1.71. The minimum Gasteiger partial charge on any atom is -0.507 e. The van der Waals surface area contributed by atoms with Gasteiger partial charge in [0.25, 0.3) is 0 Å². The Labute approximate surface area is 92.6 Å². The number of fused-ring (bicyclic) bond motifs is 1. The van der Waals surface area contributed by atoms with Gasteiger partial charge in [-0.2, -0.15) is 5.26 Å². The summed E-state index contributed by atoms with van der Waals surface area (Å²) in [6.45, 7) is 0. The van der Waals surface area contributed by atoms with Crippen molar-refractivity contribution >= 4 is 44.0 Å². The zero-order valence-electron chi connectivity index (χ0n) is 6.41. The molecule has 2 rings (SSSR count). The average molecular weight is 301 g/mol. The van der Waals surface area contributed by atoms with E-state index in [2.05, 4.69) is 28.7 Å². The second kappa shape index (κ2) is 3.16. The maximum absolute atomic E-state index is 9.42. The summed E-state index contributed by atoms with van der Waals surface area (Å²) in [5.74, 6) is 0.277. The van der Waals surface area contributed by atoms with Crippen molar-refractivity contribution in [1.29, 1.82) is 5.26 Å². The minimum absolute atomic E-state index is 0.277. The van der Waals surface area contributed by atoms with Crippen molar-refractivity contribution in [3.8, 4) is 11.8 Å². The van der Waals surface area contributed by atoms with E-state index in [0.717, 1.165) is 13.7 Å². The summed E-state index contributed by atoms with van der Waals surface area (Å²) in [6, 6.07) is 7.41. The lowest BCUT2D eigenvalue weighted by atomic mass is 10.2. The molecule has 0 unspecified atom stereocenters. The summed E-state index contributed by atoms with van der Waals surface area (Å²) in [5, 5.41) is 19.1. The zero-order valence-corrected chi connectivity index (χ0v) is 9.39. The number of thiophene rings is 1. The lowest BCUT2D eigenvalue weighted by molar-refractivity contribution is 0.472. The van der Waals surface area contributed by atoms with Gasteiger partial charge in [0.1, 0.15) is 16.7 Å². The molecule has 64 valence electrons. The third kappa shape index (κ3) is 1.38. The predicted molar refractivity (Wildman–Crippen MR) is 60.9 cm³/mol. The van der Waals surface area contributed by atoms with Gasteiger partial charge in [0.05, 0.1) is 8.27 Å². The summed E-state index contributed by atoms with van der Waals surface area (Å²) in [7, 11) is 0. The first-order chi connectivity index (χ1) is 6.22. The van der Waals surface area contributed by atoms with E-state index in [9.17, 15) is 5.11 Å². The predicted octanol–water partition coefficient (Wildman–Crippen LogP) is 3.08. The van der Waals surface area contributed by atoms with Crippen molar-refractivity contribution in [3.05, 3.63) is 26.6 Å². The van der Waals surface area contributed by atoms with Gasteiger partial charge >= 0.3 is 0 Å². The molecule has 1 N–H and O–H groups in total. The van der Waals surface area contributed by atoms with Crippen LogP contribution in [0.25, 0.3) is 10.1 Å². The first-order valence-corrected chi connectivity index (χ1v) is 5.43. The van der Waals surface area contributed by atoms with Crippen molar-refractivity contribution in [1.82, 2.24) is 0 Å². The number of phenols is 1. The Morgan fingerprint density at radius 1 is 1.46 bits per heavy atom. The molecular formula is C9H4INOS. The van der Waals surface area contributed by atoms with Gasteiger partial charge in [0.15, 0.2) is 0 Å². The van der Waals surface area contributed by atoms with Crippen LogP contribution in [0.2, 0.25) is 0 Å². The van der Waals surface area contributed by atoms with Crippen molar-refractivity contribution in [3.63, 3.8) is 0 Å². The van der Waals surface area contributed by atoms with Crippen LogP contribution in [0.15, 0.2) is 18.2 Å². The Hall–Kier alpha value is -0.800. The summed E-state index contributed by atoms with van der Waals surface area (Å²) in [4.78, 5) is 0.679. The highest BCUT2D eigenvalue weighted by molar-refractivity contribution is 14.1. The normalized spacial score (nSPS) is 10.2. The number of aromatic hydroxyl groups is 1. The van der Waals surface area contributed by atoms with E-state index in [1.807, 2.05) is 12.1 Å². The molecule has 1 aromatic carbocycles. The second-order valence-corrected chi connectivity index (χ2v) is 4.67. The van der Waals surface area contributed by atoms with Gasteiger partial charge in [-0.3, -0.25) is 0 Å². The van der Waals surface area contributed by atoms with E-state index >= 15 is 0 Å². The van der Waals surface area contributed by atoms with Gasteiger partial charge in [0, 0.05) is 0 Å². The van der Waals surface area contributed by atoms with Crippen LogP contribution in [-0.2, 0) is 0 Å². The van der Waals surface area contributed by atoms with Crippen LogP contribution in [0.4, 0.5) is 0 Å². The molecule has 0 aliphatic heterocycles. The third-order valence-electron chi connectivity index (χ3n) is 1.72. The third-order valence-corrected chi connectivity index (χ3v) is 4.25. The highest BCUT2D eigenvalue weighted by Crippen LogP contribution is 2.34. The molecule has 1 heterocycles. The van der Waals surface area contributed by atoms with Crippen LogP contribution in [0, 0.1) is 14.9 Å². The molecule has 0 bridgehead atoms. The number of rotatable bonds is 0. The van der Waals surface area contributed by atoms with E-state index < -0.39 is 0 Å². The molecule has 2 nitrogen and oxygen atoms in total. The number of nitrogens with zero attached hydrogens (tertiary/aromatic N) is 1. The van der Waals surface area contributed by atoms with Crippen molar-refractivity contribution < 1.29 is 5.11 Å². The number of hydrogen-bond acceptors (Lipinski definition) is 3. The van der Waals surface area contributed by atoms with Crippen LogP contribution in [0.5, 0.6) is 5.75 Å². The van der Waals surface area contributed by atoms with Crippen LogP contribution < -0.4 is 0 Å². The van der Waals surface area contributed by atoms with Gasteiger partial charge in [0.2, 0.25) is 0 Å². The number of benzene rings is 1. The Balaban J connectivity index is 2.86.